The van der Waals surface area contributed by atoms with Crippen molar-refractivity contribution in [2.24, 2.45) is 11.8 Å². The second-order valence-electron chi connectivity index (χ2n) is 6.00. The van der Waals surface area contributed by atoms with Gasteiger partial charge in [0.2, 0.25) is 5.91 Å². The molecule has 2 aliphatic rings. The summed E-state index contributed by atoms with van der Waals surface area (Å²) in [6.45, 7) is 4.11. The molecule has 1 aromatic rings. The van der Waals surface area contributed by atoms with E-state index in [1.807, 2.05) is 18.2 Å². The van der Waals surface area contributed by atoms with Crippen LogP contribution in [0.5, 0.6) is 0 Å². The van der Waals surface area contributed by atoms with Crippen LogP contribution in [0, 0.1) is 11.8 Å². The van der Waals surface area contributed by atoms with Gasteiger partial charge in [-0.05, 0) is 42.7 Å². The van der Waals surface area contributed by atoms with Crippen molar-refractivity contribution in [2.75, 3.05) is 13.1 Å². The van der Waals surface area contributed by atoms with E-state index < -0.39 is 0 Å². The Balaban J connectivity index is 1.66. The SMILES string of the molecule is CC1CCCN(C(=O)C2CC2c2ccccc2Cl)C1. The molecule has 1 amide bonds. The molecule has 102 valence electrons. The first-order valence-electron chi connectivity index (χ1n) is 7.20. The van der Waals surface area contributed by atoms with E-state index in [1.165, 1.54) is 6.42 Å². The number of hydrogen-bond acceptors (Lipinski definition) is 1. The van der Waals surface area contributed by atoms with E-state index in [0.29, 0.717) is 17.7 Å². The number of benzene rings is 1. The Bertz CT molecular complexity index is 487. The van der Waals surface area contributed by atoms with E-state index in [9.17, 15) is 4.79 Å². The minimum absolute atomic E-state index is 0.171. The average Bonchev–Trinajstić information content (AvgIpc) is 3.18. The van der Waals surface area contributed by atoms with Crippen molar-refractivity contribution in [3.8, 4) is 0 Å². The molecule has 3 heteroatoms. The van der Waals surface area contributed by atoms with Gasteiger partial charge in [-0.1, -0.05) is 36.7 Å². The van der Waals surface area contributed by atoms with Gasteiger partial charge in [-0.15, -0.1) is 0 Å². The van der Waals surface area contributed by atoms with Crippen molar-refractivity contribution < 1.29 is 4.79 Å². The van der Waals surface area contributed by atoms with Gasteiger partial charge in [0.1, 0.15) is 0 Å². The zero-order chi connectivity index (χ0) is 13.4. The second kappa shape index (κ2) is 5.16. The predicted molar refractivity (Wildman–Crippen MR) is 77.3 cm³/mol. The number of rotatable bonds is 2. The van der Waals surface area contributed by atoms with Crippen LogP contribution in [-0.2, 0) is 4.79 Å². The molecular formula is C16H20ClNO. The molecule has 3 rings (SSSR count). The highest BCUT2D eigenvalue weighted by Crippen LogP contribution is 2.50. The molecule has 3 atom stereocenters. The van der Waals surface area contributed by atoms with Crippen molar-refractivity contribution in [1.29, 1.82) is 0 Å². The Morgan fingerprint density at radius 2 is 2.16 bits per heavy atom. The number of hydrogen-bond donors (Lipinski definition) is 0. The highest BCUT2D eigenvalue weighted by molar-refractivity contribution is 6.31. The Labute approximate surface area is 119 Å². The van der Waals surface area contributed by atoms with Crippen molar-refractivity contribution in [3.63, 3.8) is 0 Å². The van der Waals surface area contributed by atoms with Gasteiger partial charge in [0, 0.05) is 24.0 Å². The monoisotopic (exact) mass is 277 g/mol. The fourth-order valence-corrected chi connectivity index (χ4v) is 3.49. The maximum atomic E-state index is 12.5. The first-order valence-corrected chi connectivity index (χ1v) is 7.58. The van der Waals surface area contributed by atoms with Gasteiger partial charge in [-0.2, -0.15) is 0 Å². The average molecular weight is 278 g/mol. The lowest BCUT2D eigenvalue weighted by atomic mass is 9.99. The van der Waals surface area contributed by atoms with Crippen LogP contribution in [0.1, 0.15) is 37.7 Å². The zero-order valence-corrected chi connectivity index (χ0v) is 12.1. The number of carbonyl (C=O) groups excluding carboxylic acids is 1. The van der Waals surface area contributed by atoms with Gasteiger partial charge in [0.25, 0.3) is 0 Å². The maximum absolute atomic E-state index is 12.5. The molecule has 1 aliphatic heterocycles. The molecular weight excluding hydrogens is 258 g/mol. The molecule has 0 N–H and O–H groups in total. The van der Waals surface area contributed by atoms with Gasteiger partial charge in [0.15, 0.2) is 0 Å². The van der Waals surface area contributed by atoms with Crippen LogP contribution in [0.25, 0.3) is 0 Å². The van der Waals surface area contributed by atoms with Gasteiger partial charge in [-0.3, -0.25) is 4.79 Å². The summed E-state index contributed by atoms with van der Waals surface area (Å²) in [6.07, 6.45) is 3.37. The number of halogens is 1. The van der Waals surface area contributed by atoms with Crippen LogP contribution in [0.15, 0.2) is 24.3 Å². The molecule has 2 fully saturated rings. The van der Waals surface area contributed by atoms with Crippen molar-refractivity contribution in [1.82, 2.24) is 4.90 Å². The van der Waals surface area contributed by atoms with Crippen LogP contribution < -0.4 is 0 Å². The number of piperidine rings is 1. The maximum Gasteiger partial charge on any atom is 0.226 e. The third-order valence-corrected chi connectivity index (χ3v) is 4.73. The molecule has 0 spiro atoms. The van der Waals surface area contributed by atoms with Crippen LogP contribution in [0.2, 0.25) is 5.02 Å². The number of nitrogens with zero attached hydrogens (tertiary/aromatic N) is 1. The summed E-state index contributed by atoms with van der Waals surface area (Å²) in [7, 11) is 0. The molecule has 2 nitrogen and oxygen atoms in total. The summed E-state index contributed by atoms with van der Waals surface area (Å²) in [5.41, 5.74) is 1.15. The molecule has 3 unspecified atom stereocenters. The van der Waals surface area contributed by atoms with E-state index in [1.54, 1.807) is 0 Å². The van der Waals surface area contributed by atoms with Gasteiger partial charge < -0.3 is 4.90 Å². The molecule has 19 heavy (non-hydrogen) atoms. The molecule has 1 aromatic carbocycles. The molecule has 1 heterocycles. The lowest BCUT2D eigenvalue weighted by Crippen LogP contribution is -2.40. The first kappa shape index (κ1) is 13.0. The minimum Gasteiger partial charge on any atom is -0.342 e. The van der Waals surface area contributed by atoms with Crippen LogP contribution in [-0.4, -0.2) is 23.9 Å². The number of amides is 1. The third-order valence-electron chi connectivity index (χ3n) is 4.38. The van der Waals surface area contributed by atoms with E-state index in [0.717, 1.165) is 36.5 Å². The van der Waals surface area contributed by atoms with Crippen molar-refractivity contribution in [3.05, 3.63) is 34.9 Å². The normalized spacial score (nSPS) is 30.2. The minimum atomic E-state index is 0.171. The Morgan fingerprint density at radius 1 is 1.37 bits per heavy atom. The lowest BCUT2D eigenvalue weighted by molar-refractivity contribution is -0.134. The van der Waals surface area contributed by atoms with Crippen LogP contribution >= 0.6 is 11.6 Å². The van der Waals surface area contributed by atoms with E-state index >= 15 is 0 Å². The molecule has 0 aromatic heterocycles. The fraction of sp³-hybridized carbons (Fsp3) is 0.562. The highest BCUT2D eigenvalue weighted by Gasteiger charge is 2.46. The van der Waals surface area contributed by atoms with E-state index in [2.05, 4.69) is 17.9 Å². The number of carbonyl (C=O) groups is 1. The summed E-state index contributed by atoms with van der Waals surface area (Å²) in [5.74, 6) is 1.51. The highest BCUT2D eigenvalue weighted by atomic mass is 35.5. The fourth-order valence-electron chi connectivity index (χ4n) is 3.21. The molecule has 0 bridgehead atoms. The molecule has 1 aliphatic carbocycles. The molecule has 0 radical (unpaired) electrons. The van der Waals surface area contributed by atoms with Gasteiger partial charge in [0.05, 0.1) is 0 Å². The summed E-state index contributed by atoms with van der Waals surface area (Å²) in [4.78, 5) is 14.5. The summed E-state index contributed by atoms with van der Waals surface area (Å²) >= 11 is 6.21. The van der Waals surface area contributed by atoms with Crippen LogP contribution in [0.3, 0.4) is 0 Å². The lowest BCUT2D eigenvalue weighted by Gasteiger charge is -2.31. The summed E-state index contributed by atoms with van der Waals surface area (Å²) < 4.78 is 0. The molecule has 1 saturated heterocycles. The summed E-state index contributed by atoms with van der Waals surface area (Å²) in [5, 5.41) is 0.801. The predicted octanol–water partition coefficient (Wildman–Crippen LogP) is 3.70. The quantitative estimate of drug-likeness (QED) is 0.807. The topological polar surface area (TPSA) is 20.3 Å². The van der Waals surface area contributed by atoms with E-state index in [-0.39, 0.29) is 5.92 Å². The smallest absolute Gasteiger partial charge is 0.226 e. The standard InChI is InChI=1S/C16H20ClNO/c1-11-5-4-8-18(10-11)16(19)14-9-13(14)12-6-2-3-7-15(12)17/h2-3,6-7,11,13-14H,4-5,8-10H2,1H3. The third kappa shape index (κ3) is 2.64. The summed E-state index contributed by atoms with van der Waals surface area (Å²) in [6, 6.07) is 7.92. The van der Waals surface area contributed by atoms with Gasteiger partial charge in [-0.25, -0.2) is 0 Å². The van der Waals surface area contributed by atoms with Crippen molar-refractivity contribution in [2.45, 2.75) is 32.1 Å². The van der Waals surface area contributed by atoms with E-state index in [4.69, 9.17) is 11.6 Å². The zero-order valence-electron chi connectivity index (χ0n) is 11.3. The van der Waals surface area contributed by atoms with Crippen molar-refractivity contribution >= 4 is 17.5 Å². The Kier molecular flexibility index (Phi) is 3.53. The second-order valence-corrected chi connectivity index (χ2v) is 6.41. The Hall–Kier alpha value is -1.02. The van der Waals surface area contributed by atoms with Gasteiger partial charge >= 0.3 is 0 Å². The first-order chi connectivity index (χ1) is 9.16. The molecule has 1 saturated carbocycles. The van der Waals surface area contributed by atoms with Crippen LogP contribution in [0.4, 0.5) is 0 Å². The largest absolute Gasteiger partial charge is 0.342 e. The Morgan fingerprint density at radius 3 is 2.89 bits per heavy atom. The number of likely N-dealkylation sites (tertiary alicyclic amines) is 1.